The lowest BCUT2D eigenvalue weighted by Crippen LogP contribution is -2.64. The minimum atomic E-state index is -1.26. The van der Waals surface area contributed by atoms with Crippen LogP contribution in [0.3, 0.4) is 0 Å². The molecule has 2 amide bonds. The van der Waals surface area contributed by atoms with Crippen molar-refractivity contribution < 1.29 is 19.1 Å². The van der Waals surface area contributed by atoms with Gasteiger partial charge in [-0.1, -0.05) is 42.0 Å². The molecule has 0 saturated carbocycles. The van der Waals surface area contributed by atoms with Gasteiger partial charge in [-0.25, -0.2) is 9.78 Å². The van der Waals surface area contributed by atoms with Crippen LogP contribution in [-0.4, -0.2) is 40.0 Å². The summed E-state index contributed by atoms with van der Waals surface area (Å²) in [5, 5.41) is 3.00. The standard InChI is InChI=1S/C26H28N4O4/c1-16-9-11-19(12-10-16)13-27-25(33)26(4)14-29-15-28-21(24(32)34-5)22(29)23(31)30(26)20-8-6-7-17(2)18(20)3/h6-12,15H,13-14H2,1-5H3,(H,27,33)/t26-/m0/s1. The van der Waals surface area contributed by atoms with Crippen molar-refractivity contribution in [1.29, 1.82) is 0 Å². The maximum atomic E-state index is 13.9. The normalized spacial score (nSPS) is 17.3. The van der Waals surface area contributed by atoms with Gasteiger partial charge in [0.25, 0.3) is 5.91 Å². The largest absolute Gasteiger partial charge is 0.464 e. The highest BCUT2D eigenvalue weighted by atomic mass is 16.5. The van der Waals surface area contributed by atoms with Crippen LogP contribution in [-0.2, 0) is 22.6 Å². The van der Waals surface area contributed by atoms with E-state index in [0.717, 1.165) is 22.3 Å². The van der Waals surface area contributed by atoms with Crippen LogP contribution >= 0.6 is 0 Å². The highest BCUT2D eigenvalue weighted by Crippen LogP contribution is 2.36. The Kier molecular flexibility index (Phi) is 6.00. The number of fused-ring (bicyclic) bond motifs is 1. The highest BCUT2D eigenvalue weighted by Gasteiger charge is 2.50. The fourth-order valence-corrected chi connectivity index (χ4v) is 4.31. The molecule has 0 unspecified atom stereocenters. The van der Waals surface area contributed by atoms with E-state index < -0.39 is 17.4 Å². The van der Waals surface area contributed by atoms with Gasteiger partial charge in [0.05, 0.1) is 20.0 Å². The van der Waals surface area contributed by atoms with E-state index >= 15 is 0 Å². The van der Waals surface area contributed by atoms with E-state index in [-0.39, 0.29) is 23.8 Å². The number of benzene rings is 2. The Hall–Kier alpha value is -3.94. The molecule has 1 aliphatic heterocycles. The molecule has 1 aliphatic rings. The molecular weight excluding hydrogens is 432 g/mol. The lowest BCUT2D eigenvalue weighted by molar-refractivity contribution is -0.126. The summed E-state index contributed by atoms with van der Waals surface area (Å²) in [4.78, 5) is 45.5. The molecule has 1 aromatic heterocycles. The van der Waals surface area contributed by atoms with Crippen molar-refractivity contribution in [3.8, 4) is 0 Å². The van der Waals surface area contributed by atoms with Crippen LogP contribution in [0.15, 0.2) is 48.8 Å². The van der Waals surface area contributed by atoms with Gasteiger partial charge in [-0.2, -0.15) is 0 Å². The summed E-state index contributed by atoms with van der Waals surface area (Å²) >= 11 is 0. The fraction of sp³-hybridized carbons (Fsp3) is 0.308. The Morgan fingerprint density at radius 2 is 1.82 bits per heavy atom. The number of carbonyl (C=O) groups is 3. The van der Waals surface area contributed by atoms with E-state index in [1.165, 1.54) is 18.3 Å². The van der Waals surface area contributed by atoms with E-state index in [1.807, 2.05) is 63.2 Å². The first kappa shape index (κ1) is 23.2. The SMILES string of the molecule is COC(=O)c1ncn2c1C(=O)N(c1cccc(C)c1C)[C@](C)(C(=O)NCc1ccc(C)cc1)C2. The van der Waals surface area contributed by atoms with Gasteiger partial charge >= 0.3 is 5.97 Å². The number of methoxy groups -OCH3 is 1. The number of hydrogen-bond acceptors (Lipinski definition) is 5. The Balaban J connectivity index is 1.78. The maximum Gasteiger partial charge on any atom is 0.359 e. The van der Waals surface area contributed by atoms with E-state index in [0.29, 0.717) is 12.2 Å². The molecule has 1 N–H and O–H groups in total. The van der Waals surface area contributed by atoms with Crippen molar-refractivity contribution in [3.05, 3.63) is 82.4 Å². The zero-order valence-corrected chi connectivity index (χ0v) is 20.0. The van der Waals surface area contributed by atoms with Crippen molar-refractivity contribution in [2.45, 2.75) is 46.3 Å². The first-order chi connectivity index (χ1) is 16.2. The van der Waals surface area contributed by atoms with Gasteiger partial charge in [0.2, 0.25) is 5.91 Å². The van der Waals surface area contributed by atoms with Gasteiger partial charge < -0.3 is 14.6 Å². The molecule has 0 spiro atoms. The van der Waals surface area contributed by atoms with Crippen LogP contribution in [0.25, 0.3) is 0 Å². The zero-order chi connectivity index (χ0) is 24.6. The van der Waals surface area contributed by atoms with Crippen molar-refractivity contribution in [2.75, 3.05) is 12.0 Å². The molecule has 1 atom stereocenters. The molecule has 0 saturated heterocycles. The van der Waals surface area contributed by atoms with E-state index in [4.69, 9.17) is 4.74 Å². The molecule has 0 fully saturated rings. The molecule has 3 aromatic rings. The number of hydrogen-bond donors (Lipinski definition) is 1. The minimum absolute atomic E-state index is 0.0649. The smallest absolute Gasteiger partial charge is 0.359 e. The van der Waals surface area contributed by atoms with E-state index in [2.05, 4.69) is 10.3 Å². The van der Waals surface area contributed by atoms with E-state index in [1.54, 1.807) is 11.5 Å². The zero-order valence-electron chi connectivity index (χ0n) is 20.0. The molecular formula is C26H28N4O4. The number of carbonyl (C=O) groups excluding carboxylic acids is 3. The summed E-state index contributed by atoms with van der Waals surface area (Å²) in [6.07, 6.45) is 1.41. The summed E-state index contributed by atoms with van der Waals surface area (Å²) < 4.78 is 6.38. The van der Waals surface area contributed by atoms with Gasteiger partial charge in [-0.3, -0.25) is 14.5 Å². The van der Waals surface area contributed by atoms with Crippen LogP contribution in [0.4, 0.5) is 5.69 Å². The molecule has 4 rings (SSSR count). The first-order valence-electron chi connectivity index (χ1n) is 11.1. The summed E-state index contributed by atoms with van der Waals surface area (Å²) in [5.41, 5.74) is 3.35. The summed E-state index contributed by atoms with van der Waals surface area (Å²) in [5.74, 6) is -1.48. The third-order valence-electron chi connectivity index (χ3n) is 6.47. The van der Waals surface area contributed by atoms with Crippen molar-refractivity contribution in [3.63, 3.8) is 0 Å². The molecule has 0 radical (unpaired) electrons. The second kappa shape index (κ2) is 8.78. The van der Waals surface area contributed by atoms with E-state index in [9.17, 15) is 14.4 Å². The Bertz CT molecular complexity index is 1280. The number of anilines is 1. The van der Waals surface area contributed by atoms with Gasteiger partial charge in [0.15, 0.2) is 5.69 Å². The highest BCUT2D eigenvalue weighted by molar-refractivity contribution is 6.15. The van der Waals surface area contributed by atoms with Crippen LogP contribution in [0.1, 0.15) is 50.2 Å². The van der Waals surface area contributed by atoms with Crippen LogP contribution < -0.4 is 10.2 Å². The van der Waals surface area contributed by atoms with Crippen LogP contribution in [0.5, 0.6) is 0 Å². The Morgan fingerprint density at radius 3 is 2.50 bits per heavy atom. The molecule has 8 heteroatoms. The van der Waals surface area contributed by atoms with Gasteiger partial charge in [-0.15, -0.1) is 0 Å². The number of ether oxygens (including phenoxy) is 1. The lowest BCUT2D eigenvalue weighted by atomic mass is 9.91. The molecule has 34 heavy (non-hydrogen) atoms. The molecule has 0 bridgehead atoms. The number of aromatic nitrogens is 2. The second-order valence-corrected chi connectivity index (χ2v) is 8.86. The summed E-state index contributed by atoms with van der Waals surface area (Å²) in [6, 6.07) is 13.5. The predicted molar refractivity (Wildman–Crippen MR) is 128 cm³/mol. The minimum Gasteiger partial charge on any atom is -0.464 e. The topological polar surface area (TPSA) is 93.5 Å². The summed E-state index contributed by atoms with van der Waals surface area (Å²) in [6.45, 7) is 8.06. The monoisotopic (exact) mass is 460 g/mol. The van der Waals surface area contributed by atoms with Crippen LogP contribution in [0, 0.1) is 20.8 Å². The lowest BCUT2D eigenvalue weighted by Gasteiger charge is -2.44. The molecule has 2 heterocycles. The molecule has 176 valence electrons. The second-order valence-electron chi connectivity index (χ2n) is 8.86. The maximum absolute atomic E-state index is 13.9. The predicted octanol–water partition coefficient (Wildman–Crippen LogP) is 3.33. The van der Waals surface area contributed by atoms with Crippen molar-refractivity contribution >= 4 is 23.5 Å². The van der Waals surface area contributed by atoms with Gasteiger partial charge in [0.1, 0.15) is 11.2 Å². The molecule has 0 aliphatic carbocycles. The number of esters is 1. The number of nitrogens with zero attached hydrogens (tertiary/aromatic N) is 3. The van der Waals surface area contributed by atoms with Gasteiger partial charge in [-0.05, 0) is 50.5 Å². The third kappa shape index (κ3) is 3.85. The quantitative estimate of drug-likeness (QED) is 0.590. The average Bonchev–Trinajstić information content (AvgIpc) is 3.24. The number of rotatable bonds is 5. The fourth-order valence-electron chi connectivity index (χ4n) is 4.31. The van der Waals surface area contributed by atoms with Crippen molar-refractivity contribution in [1.82, 2.24) is 14.9 Å². The first-order valence-corrected chi connectivity index (χ1v) is 11.1. The van der Waals surface area contributed by atoms with Crippen LogP contribution in [0.2, 0.25) is 0 Å². The molecule has 8 nitrogen and oxygen atoms in total. The number of nitrogens with one attached hydrogen (secondary N) is 1. The number of aryl methyl sites for hydroxylation is 2. The Morgan fingerprint density at radius 1 is 1.12 bits per heavy atom. The molecule has 2 aromatic carbocycles. The summed E-state index contributed by atoms with van der Waals surface area (Å²) in [7, 11) is 1.24. The Labute approximate surface area is 198 Å². The average molecular weight is 461 g/mol. The number of imidazole rings is 1. The third-order valence-corrected chi connectivity index (χ3v) is 6.47. The number of amides is 2. The van der Waals surface area contributed by atoms with Gasteiger partial charge in [0, 0.05) is 12.2 Å². The van der Waals surface area contributed by atoms with Crippen molar-refractivity contribution in [2.24, 2.45) is 0 Å².